The normalized spacial score (nSPS) is 37.9. The van der Waals surface area contributed by atoms with Crippen molar-refractivity contribution >= 4 is 11.9 Å². The lowest BCUT2D eigenvalue weighted by atomic mass is 9.42. The van der Waals surface area contributed by atoms with Crippen molar-refractivity contribution in [2.45, 2.75) is 87.4 Å². The molecule has 4 bridgehead atoms. The molecule has 2 spiro atoms. The number of aromatic nitrogens is 2. The average Bonchev–Trinajstić information content (AvgIpc) is 3.59. The van der Waals surface area contributed by atoms with Gasteiger partial charge in [0.25, 0.3) is 0 Å². The Kier molecular flexibility index (Phi) is 4.62. The Labute approximate surface area is 229 Å². The van der Waals surface area contributed by atoms with E-state index in [9.17, 15) is 9.90 Å². The van der Waals surface area contributed by atoms with Crippen molar-refractivity contribution in [1.82, 2.24) is 19.8 Å². The van der Waals surface area contributed by atoms with Crippen molar-refractivity contribution in [3.63, 3.8) is 0 Å². The number of piperidine rings is 1. The highest BCUT2D eigenvalue weighted by atomic mass is 16.5. The zero-order chi connectivity index (χ0) is 25.9. The SMILES string of the molecule is O=C([C@@H]1CCCN1c1ncccn1)N1CC[C@@]23CC[C@H]1[C@@H]1Oc4c(O)ccc5c4[C@@]12CCN(CC1CC1)[C@@H]3C5. The van der Waals surface area contributed by atoms with Gasteiger partial charge in [-0.3, -0.25) is 9.69 Å². The first-order valence-electron chi connectivity index (χ1n) is 15.2. The number of carbonyl (C=O) groups is 1. The summed E-state index contributed by atoms with van der Waals surface area (Å²) in [6.07, 6.45) is 13.2. The molecular formula is C31H37N5O3. The maximum absolute atomic E-state index is 14.5. The van der Waals surface area contributed by atoms with Gasteiger partial charge in [-0.05, 0) is 87.9 Å². The van der Waals surface area contributed by atoms with Crippen molar-refractivity contribution in [3.8, 4) is 11.5 Å². The summed E-state index contributed by atoms with van der Waals surface area (Å²) in [5, 5.41) is 11.0. The van der Waals surface area contributed by atoms with Crippen LogP contribution >= 0.6 is 0 Å². The predicted molar refractivity (Wildman–Crippen MR) is 145 cm³/mol. The molecule has 5 aliphatic heterocycles. The van der Waals surface area contributed by atoms with E-state index in [0.29, 0.717) is 12.0 Å². The summed E-state index contributed by atoms with van der Waals surface area (Å²) >= 11 is 0. The lowest BCUT2D eigenvalue weighted by Crippen LogP contribution is -2.73. The Morgan fingerprint density at radius 2 is 1.92 bits per heavy atom. The van der Waals surface area contributed by atoms with Gasteiger partial charge in [0.05, 0.1) is 6.04 Å². The van der Waals surface area contributed by atoms with Crippen LogP contribution in [0, 0.1) is 11.3 Å². The number of nitrogens with zero attached hydrogens (tertiary/aromatic N) is 5. The molecule has 6 fully saturated rings. The lowest BCUT2D eigenvalue weighted by Gasteiger charge is -2.66. The van der Waals surface area contributed by atoms with E-state index >= 15 is 0 Å². The third kappa shape index (κ3) is 2.86. The number of hydrogen-bond acceptors (Lipinski definition) is 7. The van der Waals surface area contributed by atoms with Crippen LogP contribution in [-0.2, 0) is 16.6 Å². The van der Waals surface area contributed by atoms with E-state index < -0.39 is 0 Å². The minimum atomic E-state index is -0.222. The van der Waals surface area contributed by atoms with E-state index in [1.165, 1.54) is 30.5 Å². The second-order valence-electron chi connectivity index (χ2n) is 13.3. The number of likely N-dealkylation sites (tertiary alicyclic amines) is 1. The van der Waals surface area contributed by atoms with Crippen LogP contribution in [-0.4, -0.2) is 81.2 Å². The molecule has 1 amide bonds. The number of aromatic hydroxyl groups is 1. The molecule has 1 N–H and O–H groups in total. The van der Waals surface area contributed by atoms with Crippen molar-refractivity contribution < 1.29 is 14.6 Å². The minimum absolute atomic E-state index is 0.0284. The molecule has 1 aromatic carbocycles. The van der Waals surface area contributed by atoms with Gasteiger partial charge in [0.1, 0.15) is 12.1 Å². The summed E-state index contributed by atoms with van der Waals surface area (Å²) in [5.41, 5.74) is 2.64. The topological polar surface area (TPSA) is 82.0 Å². The highest BCUT2D eigenvalue weighted by Crippen LogP contribution is 2.71. The number of fused-ring (bicyclic) bond motifs is 3. The van der Waals surface area contributed by atoms with Crippen LogP contribution in [0.3, 0.4) is 0 Å². The summed E-state index contributed by atoms with van der Waals surface area (Å²) in [4.78, 5) is 30.6. The average molecular weight is 528 g/mol. The predicted octanol–water partition coefficient (Wildman–Crippen LogP) is 3.27. The van der Waals surface area contributed by atoms with E-state index in [4.69, 9.17) is 4.74 Å². The molecule has 204 valence electrons. The molecule has 10 rings (SSSR count). The summed E-state index contributed by atoms with van der Waals surface area (Å²) in [7, 11) is 0. The Balaban J connectivity index is 1.14. The van der Waals surface area contributed by atoms with E-state index in [1.54, 1.807) is 12.4 Å². The molecule has 3 aliphatic carbocycles. The van der Waals surface area contributed by atoms with Crippen molar-refractivity contribution in [3.05, 3.63) is 41.7 Å². The first kappa shape index (κ1) is 22.9. The standard InChI is InChI=1S/C31H37N5O3/c37-23-7-6-20-17-24-30-9-8-21(27-31(30,25(20)26(23)39-27)11-15-34(24)18-19-4-5-19)35(16-10-30)28(38)22-3-1-14-36(22)29-32-12-2-13-33-29/h2,6-7,12-13,19,21-22,24,27,37H,1,3-5,8-11,14-18H2/t21-,22-,24+,27-,30+,31-/m0/s1. The Morgan fingerprint density at radius 3 is 2.77 bits per heavy atom. The van der Waals surface area contributed by atoms with Crippen LogP contribution in [0.25, 0.3) is 0 Å². The quantitative estimate of drug-likeness (QED) is 0.654. The Hall–Kier alpha value is -2.87. The number of hydrogen-bond donors (Lipinski definition) is 1. The second-order valence-corrected chi connectivity index (χ2v) is 13.3. The Morgan fingerprint density at radius 1 is 1.05 bits per heavy atom. The van der Waals surface area contributed by atoms with Gasteiger partial charge >= 0.3 is 0 Å². The third-order valence-electron chi connectivity index (χ3n) is 11.8. The van der Waals surface area contributed by atoms with Crippen LogP contribution in [0.15, 0.2) is 30.6 Å². The smallest absolute Gasteiger partial charge is 0.245 e. The van der Waals surface area contributed by atoms with Crippen LogP contribution < -0.4 is 9.64 Å². The highest BCUT2D eigenvalue weighted by molar-refractivity contribution is 5.86. The molecule has 2 aromatic rings. The number of phenolic OH excluding ortho intramolecular Hbond substituents is 1. The second kappa shape index (κ2) is 7.87. The fourth-order valence-corrected chi connectivity index (χ4v) is 10.2. The molecule has 8 nitrogen and oxygen atoms in total. The molecule has 4 saturated heterocycles. The summed E-state index contributed by atoms with van der Waals surface area (Å²) in [6, 6.07) is 6.13. The molecule has 6 heterocycles. The summed E-state index contributed by atoms with van der Waals surface area (Å²) in [6.45, 7) is 3.92. The van der Waals surface area contributed by atoms with E-state index in [1.807, 2.05) is 12.1 Å². The van der Waals surface area contributed by atoms with Crippen LogP contribution in [0.4, 0.5) is 5.95 Å². The van der Waals surface area contributed by atoms with Crippen LogP contribution in [0.1, 0.15) is 62.5 Å². The van der Waals surface area contributed by atoms with Gasteiger partial charge < -0.3 is 19.6 Å². The van der Waals surface area contributed by atoms with Crippen molar-refractivity contribution in [2.75, 3.05) is 31.1 Å². The molecule has 39 heavy (non-hydrogen) atoms. The fourth-order valence-electron chi connectivity index (χ4n) is 10.2. The summed E-state index contributed by atoms with van der Waals surface area (Å²) in [5.74, 6) is 2.72. The monoisotopic (exact) mass is 527 g/mol. The van der Waals surface area contributed by atoms with Crippen LogP contribution in [0.2, 0.25) is 0 Å². The maximum atomic E-state index is 14.5. The number of carbonyl (C=O) groups excluding carboxylic acids is 1. The lowest BCUT2D eigenvalue weighted by molar-refractivity contribution is -0.145. The molecule has 2 saturated carbocycles. The number of rotatable bonds is 4. The first-order valence-corrected chi connectivity index (χ1v) is 15.2. The number of amides is 1. The molecule has 8 heteroatoms. The molecule has 8 aliphatic rings. The number of benzene rings is 1. The fraction of sp³-hybridized carbons (Fsp3) is 0.645. The zero-order valence-electron chi connectivity index (χ0n) is 22.5. The number of phenols is 1. The van der Waals surface area contributed by atoms with Gasteiger partial charge in [-0.2, -0.15) is 0 Å². The number of anilines is 1. The van der Waals surface area contributed by atoms with Crippen LogP contribution in [0.5, 0.6) is 11.5 Å². The molecule has 0 radical (unpaired) electrons. The van der Waals surface area contributed by atoms with E-state index in [-0.39, 0.29) is 40.7 Å². The van der Waals surface area contributed by atoms with Crippen molar-refractivity contribution in [2.24, 2.45) is 11.3 Å². The molecule has 1 aromatic heterocycles. The summed E-state index contributed by atoms with van der Waals surface area (Å²) < 4.78 is 6.90. The third-order valence-corrected chi connectivity index (χ3v) is 11.8. The molecular weight excluding hydrogens is 490 g/mol. The molecule has 6 atom stereocenters. The molecule has 0 unspecified atom stereocenters. The van der Waals surface area contributed by atoms with Gasteiger partial charge in [-0.15, -0.1) is 0 Å². The van der Waals surface area contributed by atoms with Gasteiger partial charge in [0, 0.05) is 54.5 Å². The number of ether oxygens (including phenoxy) is 1. The van der Waals surface area contributed by atoms with Gasteiger partial charge in [-0.25, -0.2) is 9.97 Å². The Bertz CT molecular complexity index is 1350. The minimum Gasteiger partial charge on any atom is -0.504 e. The van der Waals surface area contributed by atoms with Crippen molar-refractivity contribution in [1.29, 1.82) is 0 Å². The van der Waals surface area contributed by atoms with Gasteiger partial charge in [0.15, 0.2) is 11.5 Å². The van der Waals surface area contributed by atoms with Gasteiger partial charge in [0.2, 0.25) is 11.9 Å². The van der Waals surface area contributed by atoms with E-state index in [2.05, 4.69) is 30.7 Å². The highest BCUT2D eigenvalue weighted by Gasteiger charge is 2.74. The largest absolute Gasteiger partial charge is 0.504 e. The maximum Gasteiger partial charge on any atom is 0.245 e. The van der Waals surface area contributed by atoms with E-state index in [0.717, 1.165) is 76.2 Å². The first-order chi connectivity index (χ1) is 19.1. The zero-order valence-corrected chi connectivity index (χ0v) is 22.5. The van der Waals surface area contributed by atoms with Gasteiger partial charge in [-0.1, -0.05) is 6.07 Å².